The summed E-state index contributed by atoms with van der Waals surface area (Å²) in [6.07, 6.45) is -0.328. The summed E-state index contributed by atoms with van der Waals surface area (Å²) in [5.41, 5.74) is 0. The van der Waals surface area contributed by atoms with E-state index in [4.69, 9.17) is 9.47 Å². The van der Waals surface area contributed by atoms with Gasteiger partial charge in [-0.1, -0.05) is 6.92 Å². The number of esters is 2. The molecule has 100 valence electrons. The molecule has 0 saturated heterocycles. The van der Waals surface area contributed by atoms with Gasteiger partial charge < -0.3 is 9.47 Å². The van der Waals surface area contributed by atoms with Crippen LogP contribution in [0.5, 0.6) is 0 Å². The van der Waals surface area contributed by atoms with Crippen LogP contribution in [0.1, 0.15) is 40.0 Å². The maximum Gasteiger partial charge on any atom is 0.320 e. The number of ether oxygens (including phenoxy) is 2. The lowest BCUT2D eigenvalue weighted by Crippen LogP contribution is -2.28. The zero-order chi connectivity index (χ0) is 13.3. The fourth-order valence-electron chi connectivity index (χ4n) is 1.37. The van der Waals surface area contributed by atoms with Crippen molar-refractivity contribution in [3.63, 3.8) is 0 Å². The van der Waals surface area contributed by atoms with Gasteiger partial charge in [0.1, 0.15) is 0 Å². The van der Waals surface area contributed by atoms with Crippen LogP contribution in [0.2, 0.25) is 0 Å². The molecule has 0 aliphatic carbocycles. The van der Waals surface area contributed by atoms with Gasteiger partial charge in [-0.3, -0.25) is 9.59 Å². The van der Waals surface area contributed by atoms with Gasteiger partial charge in [-0.15, -0.1) is 0 Å². The molecule has 0 bridgehead atoms. The Morgan fingerprint density at radius 3 is 1.82 bits per heavy atom. The van der Waals surface area contributed by atoms with Crippen molar-refractivity contribution >= 4 is 11.9 Å². The Bertz CT molecular complexity index is 225. The van der Waals surface area contributed by atoms with Crippen LogP contribution in [-0.4, -0.2) is 31.3 Å². The summed E-state index contributed by atoms with van der Waals surface area (Å²) in [5, 5.41) is 0. The Morgan fingerprint density at radius 2 is 1.47 bits per heavy atom. The number of rotatable bonds is 8. The Labute approximate surface area is 101 Å². The first-order valence-corrected chi connectivity index (χ1v) is 6.04. The number of hydrogen-bond acceptors (Lipinski definition) is 4. The van der Waals surface area contributed by atoms with Gasteiger partial charge in [-0.25, -0.2) is 4.39 Å². The summed E-state index contributed by atoms with van der Waals surface area (Å²) in [7, 11) is 0. The average Bonchev–Trinajstić information content (AvgIpc) is 2.29. The molecule has 0 N–H and O–H groups in total. The van der Waals surface area contributed by atoms with Gasteiger partial charge >= 0.3 is 11.9 Å². The lowest BCUT2D eigenvalue weighted by atomic mass is 10.0. The summed E-state index contributed by atoms with van der Waals surface area (Å²) in [6.45, 7) is 5.42. The second-order valence-corrected chi connectivity index (χ2v) is 3.64. The predicted octanol–water partition coefficient (Wildman–Crippen LogP) is 2.26. The van der Waals surface area contributed by atoms with Crippen molar-refractivity contribution in [2.45, 2.75) is 46.2 Å². The molecule has 0 amide bonds. The third-order valence-electron chi connectivity index (χ3n) is 2.35. The highest BCUT2D eigenvalue weighted by atomic mass is 19.1. The van der Waals surface area contributed by atoms with Crippen LogP contribution < -0.4 is 0 Å². The average molecular weight is 248 g/mol. The molecule has 0 aromatic carbocycles. The molecule has 5 heteroatoms. The third kappa shape index (κ3) is 6.24. The van der Waals surface area contributed by atoms with E-state index in [1.54, 1.807) is 20.8 Å². The molecule has 1 atom stereocenters. The highest BCUT2D eigenvalue weighted by Gasteiger charge is 2.29. The third-order valence-corrected chi connectivity index (χ3v) is 2.35. The fraction of sp³-hybridized carbons (Fsp3) is 0.833. The van der Waals surface area contributed by atoms with Crippen molar-refractivity contribution in [3.05, 3.63) is 0 Å². The minimum absolute atomic E-state index is 0.132. The Hall–Kier alpha value is -1.13. The minimum atomic E-state index is -1.00. The maximum atomic E-state index is 13.1. The Kier molecular flexibility index (Phi) is 8.36. The summed E-state index contributed by atoms with van der Waals surface area (Å²) in [6, 6.07) is 0. The molecule has 4 nitrogen and oxygen atoms in total. The number of halogens is 1. The molecule has 1 unspecified atom stereocenters. The fourth-order valence-corrected chi connectivity index (χ4v) is 1.37. The van der Waals surface area contributed by atoms with E-state index in [0.29, 0.717) is 6.42 Å². The monoisotopic (exact) mass is 248 g/mol. The molecule has 0 aliphatic heterocycles. The lowest BCUT2D eigenvalue weighted by Gasteiger charge is -2.14. The van der Waals surface area contributed by atoms with Gasteiger partial charge in [0.2, 0.25) is 0 Å². The highest BCUT2D eigenvalue weighted by Crippen LogP contribution is 2.16. The highest BCUT2D eigenvalue weighted by molar-refractivity contribution is 5.94. The first kappa shape index (κ1) is 15.9. The van der Waals surface area contributed by atoms with E-state index < -0.39 is 24.0 Å². The second-order valence-electron chi connectivity index (χ2n) is 3.64. The van der Waals surface area contributed by atoms with Crippen molar-refractivity contribution in [1.29, 1.82) is 0 Å². The van der Waals surface area contributed by atoms with Gasteiger partial charge in [-0.05, 0) is 33.1 Å². The van der Waals surface area contributed by atoms with Crippen LogP contribution in [0.25, 0.3) is 0 Å². The molecule has 0 aromatic rings. The van der Waals surface area contributed by atoms with Crippen LogP contribution >= 0.6 is 0 Å². The van der Waals surface area contributed by atoms with E-state index in [9.17, 15) is 14.0 Å². The molecule has 0 aliphatic rings. The van der Waals surface area contributed by atoms with Crippen molar-refractivity contribution in [3.8, 4) is 0 Å². The Morgan fingerprint density at radius 1 is 1.00 bits per heavy atom. The van der Waals surface area contributed by atoms with Gasteiger partial charge in [-0.2, -0.15) is 0 Å². The summed E-state index contributed by atoms with van der Waals surface area (Å²) >= 11 is 0. The van der Waals surface area contributed by atoms with Crippen LogP contribution in [0.15, 0.2) is 0 Å². The van der Waals surface area contributed by atoms with Crippen molar-refractivity contribution < 1.29 is 23.5 Å². The zero-order valence-corrected chi connectivity index (χ0v) is 10.7. The number of hydrogen-bond donors (Lipinski definition) is 0. The van der Waals surface area contributed by atoms with E-state index in [0.717, 1.165) is 0 Å². The van der Waals surface area contributed by atoms with Crippen molar-refractivity contribution in [2.75, 3.05) is 13.2 Å². The smallest absolute Gasteiger partial charge is 0.320 e. The van der Waals surface area contributed by atoms with E-state index in [1.165, 1.54) is 0 Å². The minimum Gasteiger partial charge on any atom is -0.465 e. The van der Waals surface area contributed by atoms with Gasteiger partial charge in [0.15, 0.2) is 5.92 Å². The molecule has 0 heterocycles. The topological polar surface area (TPSA) is 52.6 Å². The van der Waals surface area contributed by atoms with E-state index >= 15 is 0 Å². The van der Waals surface area contributed by atoms with Crippen LogP contribution in [-0.2, 0) is 19.1 Å². The first-order valence-electron chi connectivity index (χ1n) is 6.04. The molecule has 0 radical (unpaired) electrons. The molecular formula is C12H21FO4. The van der Waals surface area contributed by atoms with E-state index in [1.807, 2.05) is 0 Å². The van der Waals surface area contributed by atoms with E-state index in [2.05, 4.69) is 0 Å². The quantitative estimate of drug-likeness (QED) is 0.488. The van der Waals surface area contributed by atoms with Crippen molar-refractivity contribution in [2.24, 2.45) is 5.92 Å². The summed E-state index contributed by atoms with van der Waals surface area (Å²) in [5.74, 6) is -2.26. The van der Waals surface area contributed by atoms with Crippen LogP contribution in [0.3, 0.4) is 0 Å². The normalized spacial score (nSPS) is 12.3. The number of carbonyl (C=O) groups is 2. The molecule has 0 spiro atoms. The molecule has 0 fully saturated rings. The molecule has 17 heavy (non-hydrogen) atoms. The Balaban J connectivity index is 4.39. The molecular weight excluding hydrogens is 227 g/mol. The largest absolute Gasteiger partial charge is 0.465 e. The molecule has 0 rings (SSSR count). The molecule has 0 aromatic heterocycles. The summed E-state index contributed by atoms with van der Waals surface area (Å²) in [4.78, 5) is 23.0. The van der Waals surface area contributed by atoms with Gasteiger partial charge in [0, 0.05) is 0 Å². The second kappa shape index (κ2) is 8.96. The number of alkyl halides is 1. The summed E-state index contributed by atoms with van der Waals surface area (Å²) < 4.78 is 22.6. The number of carbonyl (C=O) groups excluding carboxylic acids is 2. The van der Waals surface area contributed by atoms with Gasteiger partial charge in [0.05, 0.1) is 19.4 Å². The maximum absolute atomic E-state index is 13.1. The lowest BCUT2D eigenvalue weighted by molar-refractivity contribution is -0.162. The van der Waals surface area contributed by atoms with Crippen molar-refractivity contribution in [1.82, 2.24) is 0 Å². The molecule has 0 saturated carbocycles. The van der Waals surface area contributed by atoms with E-state index in [-0.39, 0.29) is 26.1 Å². The van der Waals surface area contributed by atoms with Gasteiger partial charge in [0.25, 0.3) is 0 Å². The van der Waals surface area contributed by atoms with Crippen LogP contribution in [0, 0.1) is 5.92 Å². The first-order chi connectivity index (χ1) is 8.06. The standard InChI is InChI=1S/C12H21FO4/c1-4-9(13)7-8-10(11(14)16-5-2)12(15)17-6-3/h9-10H,4-8H2,1-3H3. The zero-order valence-electron chi connectivity index (χ0n) is 10.7. The SMILES string of the molecule is CCOC(=O)C(CCC(F)CC)C(=O)OCC. The predicted molar refractivity (Wildman–Crippen MR) is 61.2 cm³/mol. The van der Waals surface area contributed by atoms with Crippen LogP contribution in [0.4, 0.5) is 4.39 Å².